The van der Waals surface area contributed by atoms with E-state index in [9.17, 15) is 4.39 Å². The molecular formula is C17H17FN2S. The maximum atomic E-state index is 13.2. The van der Waals surface area contributed by atoms with Gasteiger partial charge in [0.2, 0.25) is 0 Å². The summed E-state index contributed by atoms with van der Waals surface area (Å²) >= 11 is 5.41. The molecule has 0 aliphatic carbocycles. The zero-order valence-corrected chi connectivity index (χ0v) is 12.9. The number of rotatable bonds is 3. The molecule has 0 aliphatic rings. The third-order valence-electron chi connectivity index (χ3n) is 3.84. The Morgan fingerprint density at radius 2 is 1.95 bits per heavy atom. The fourth-order valence-corrected chi connectivity index (χ4v) is 2.96. The number of fused-ring (bicyclic) bond motifs is 1. The molecule has 1 aromatic heterocycles. The van der Waals surface area contributed by atoms with Gasteiger partial charge in [0, 0.05) is 6.54 Å². The van der Waals surface area contributed by atoms with Crippen LogP contribution in [0.5, 0.6) is 0 Å². The molecule has 0 radical (unpaired) electrons. The van der Waals surface area contributed by atoms with Crippen LogP contribution in [0.15, 0.2) is 36.4 Å². The Kier molecular flexibility index (Phi) is 3.64. The lowest BCUT2D eigenvalue weighted by Crippen LogP contribution is -2.03. The van der Waals surface area contributed by atoms with Crippen LogP contribution in [0.2, 0.25) is 0 Å². The monoisotopic (exact) mass is 300 g/mol. The molecule has 0 atom stereocenters. The van der Waals surface area contributed by atoms with Crippen molar-refractivity contribution in [3.8, 4) is 0 Å². The van der Waals surface area contributed by atoms with Crippen LogP contribution in [-0.4, -0.2) is 9.55 Å². The van der Waals surface area contributed by atoms with Crippen LogP contribution >= 0.6 is 12.2 Å². The number of halogens is 1. The highest BCUT2D eigenvalue weighted by Gasteiger charge is 2.06. The Hall–Kier alpha value is -1.94. The molecule has 1 N–H and O–H groups in total. The van der Waals surface area contributed by atoms with Gasteiger partial charge in [-0.3, -0.25) is 0 Å². The molecular weight excluding hydrogens is 283 g/mol. The van der Waals surface area contributed by atoms with Gasteiger partial charge in [-0.2, -0.15) is 0 Å². The molecule has 3 aromatic rings. The van der Waals surface area contributed by atoms with Crippen LogP contribution in [-0.2, 0) is 13.0 Å². The van der Waals surface area contributed by atoms with Crippen LogP contribution in [0.25, 0.3) is 11.0 Å². The van der Waals surface area contributed by atoms with E-state index in [-0.39, 0.29) is 5.82 Å². The standard InChI is InChI=1S/C17H17FN2S/c1-11-3-6-15-16(9-11)20(17(21)19-15)8-7-13-4-5-14(18)10-12(13)2/h3-6,9-10H,7-8H2,1-2H3,(H,19,21). The molecule has 0 aliphatic heterocycles. The maximum Gasteiger partial charge on any atom is 0.178 e. The second-order valence-corrected chi connectivity index (χ2v) is 5.81. The van der Waals surface area contributed by atoms with E-state index in [0.717, 1.165) is 39.9 Å². The third kappa shape index (κ3) is 2.76. The minimum atomic E-state index is -0.185. The molecule has 0 amide bonds. The van der Waals surface area contributed by atoms with Crippen molar-refractivity contribution in [3.63, 3.8) is 0 Å². The molecule has 0 unspecified atom stereocenters. The molecule has 0 saturated carbocycles. The number of benzene rings is 2. The molecule has 21 heavy (non-hydrogen) atoms. The number of nitrogens with zero attached hydrogens (tertiary/aromatic N) is 1. The molecule has 2 nitrogen and oxygen atoms in total. The Labute approximate surface area is 128 Å². The van der Waals surface area contributed by atoms with Gasteiger partial charge in [-0.05, 0) is 73.4 Å². The maximum absolute atomic E-state index is 13.2. The second kappa shape index (κ2) is 5.45. The van der Waals surface area contributed by atoms with Gasteiger partial charge in [-0.1, -0.05) is 12.1 Å². The zero-order chi connectivity index (χ0) is 15.0. The molecule has 108 valence electrons. The highest BCUT2D eigenvalue weighted by atomic mass is 32.1. The second-order valence-electron chi connectivity index (χ2n) is 5.42. The van der Waals surface area contributed by atoms with Gasteiger partial charge in [-0.15, -0.1) is 0 Å². The molecule has 0 fully saturated rings. The highest BCUT2D eigenvalue weighted by Crippen LogP contribution is 2.18. The van der Waals surface area contributed by atoms with Gasteiger partial charge in [0.1, 0.15) is 5.82 Å². The van der Waals surface area contributed by atoms with E-state index < -0.39 is 0 Å². The Bertz CT molecular complexity index is 861. The minimum Gasteiger partial charge on any atom is -0.331 e. The van der Waals surface area contributed by atoms with Crippen molar-refractivity contribution < 1.29 is 4.39 Å². The molecule has 0 bridgehead atoms. The number of aromatic nitrogens is 2. The van der Waals surface area contributed by atoms with E-state index in [1.54, 1.807) is 6.07 Å². The summed E-state index contributed by atoms with van der Waals surface area (Å²) in [5.41, 5.74) is 5.53. The van der Waals surface area contributed by atoms with Crippen molar-refractivity contribution in [3.05, 3.63) is 63.7 Å². The summed E-state index contributed by atoms with van der Waals surface area (Å²) in [5.74, 6) is -0.185. The molecule has 1 heterocycles. The van der Waals surface area contributed by atoms with E-state index in [4.69, 9.17) is 12.2 Å². The number of H-pyrrole nitrogens is 1. The largest absolute Gasteiger partial charge is 0.331 e. The molecule has 0 saturated heterocycles. The summed E-state index contributed by atoms with van der Waals surface area (Å²) < 4.78 is 16.0. The van der Waals surface area contributed by atoms with E-state index in [0.29, 0.717) is 0 Å². The number of aryl methyl sites for hydroxylation is 4. The minimum absolute atomic E-state index is 0.185. The lowest BCUT2D eigenvalue weighted by molar-refractivity contribution is 0.624. The average Bonchev–Trinajstić information content (AvgIpc) is 2.73. The Morgan fingerprint density at radius 3 is 2.71 bits per heavy atom. The SMILES string of the molecule is Cc1ccc2[nH]c(=S)n(CCc3ccc(F)cc3C)c2c1. The van der Waals surface area contributed by atoms with Gasteiger partial charge in [0.05, 0.1) is 11.0 Å². The topological polar surface area (TPSA) is 20.7 Å². The Morgan fingerprint density at radius 1 is 1.14 bits per heavy atom. The Balaban J connectivity index is 1.93. The van der Waals surface area contributed by atoms with Crippen LogP contribution in [0.4, 0.5) is 4.39 Å². The summed E-state index contributed by atoms with van der Waals surface area (Å²) in [7, 11) is 0. The van der Waals surface area contributed by atoms with E-state index >= 15 is 0 Å². The van der Waals surface area contributed by atoms with Gasteiger partial charge in [0.25, 0.3) is 0 Å². The first-order chi connectivity index (χ1) is 10.0. The molecule has 4 heteroatoms. The normalized spacial score (nSPS) is 11.2. The van der Waals surface area contributed by atoms with Gasteiger partial charge in [-0.25, -0.2) is 4.39 Å². The summed E-state index contributed by atoms with van der Waals surface area (Å²) in [6, 6.07) is 11.2. The van der Waals surface area contributed by atoms with Crippen molar-refractivity contribution in [2.24, 2.45) is 0 Å². The molecule has 0 spiro atoms. The van der Waals surface area contributed by atoms with Gasteiger partial charge in [0.15, 0.2) is 4.77 Å². The summed E-state index contributed by atoms with van der Waals surface area (Å²) in [6.45, 7) is 4.80. The van der Waals surface area contributed by atoms with Crippen molar-refractivity contribution in [2.45, 2.75) is 26.8 Å². The van der Waals surface area contributed by atoms with E-state index in [2.05, 4.69) is 34.7 Å². The van der Waals surface area contributed by atoms with Crippen molar-refractivity contribution >= 4 is 23.3 Å². The van der Waals surface area contributed by atoms with Crippen molar-refractivity contribution in [1.82, 2.24) is 9.55 Å². The first-order valence-corrected chi connectivity index (χ1v) is 7.39. The third-order valence-corrected chi connectivity index (χ3v) is 4.16. The predicted molar refractivity (Wildman–Crippen MR) is 86.7 cm³/mol. The average molecular weight is 300 g/mol. The summed E-state index contributed by atoms with van der Waals surface area (Å²) in [4.78, 5) is 3.23. The van der Waals surface area contributed by atoms with Crippen LogP contribution < -0.4 is 0 Å². The number of nitrogens with one attached hydrogen (secondary N) is 1. The summed E-state index contributed by atoms with van der Waals surface area (Å²) in [5, 5.41) is 0. The van der Waals surface area contributed by atoms with Crippen molar-refractivity contribution in [1.29, 1.82) is 0 Å². The van der Waals surface area contributed by atoms with Crippen molar-refractivity contribution in [2.75, 3.05) is 0 Å². The van der Waals surface area contributed by atoms with E-state index in [1.807, 2.05) is 13.0 Å². The van der Waals surface area contributed by atoms with Crippen LogP contribution in [0.3, 0.4) is 0 Å². The highest BCUT2D eigenvalue weighted by molar-refractivity contribution is 7.71. The quantitative estimate of drug-likeness (QED) is 0.695. The molecule has 2 aromatic carbocycles. The summed E-state index contributed by atoms with van der Waals surface area (Å²) in [6.07, 6.45) is 0.835. The molecule has 3 rings (SSSR count). The van der Waals surface area contributed by atoms with Crippen LogP contribution in [0.1, 0.15) is 16.7 Å². The number of hydrogen-bond donors (Lipinski definition) is 1. The van der Waals surface area contributed by atoms with Crippen LogP contribution in [0, 0.1) is 24.4 Å². The first-order valence-electron chi connectivity index (χ1n) is 6.99. The smallest absolute Gasteiger partial charge is 0.178 e. The van der Waals surface area contributed by atoms with E-state index in [1.165, 1.54) is 11.6 Å². The fraction of sp³-hybridized carbons (Fsp3) is 0.235. The zero-order valence-electron chi connectivity index (χ0n) is 12.1. The van der Waals surface area contributed by atoms with Gasteiger partial charge >= 0.3 is 0 Å². The lowest BCUT2D eigenvalue weighted by Gasteiger charge is -2.08. The fourth-order valence-electron chi connectivity index (χ4n) is 2.66. The number of aromatic amines is 1. The predicted octanol–water partition coefficient (Wildman–Crippen LogP) is 4.70. The lowest BCUT2D eigenvalue weighted by atomic mass is 10.1. The number of hydrogen-bond acceptors (Lipinski definition) is 1. The first kappa shape index (κ1) is 14.0. The number of imidazole rings is 1. The van der Waals surface area contributed by atoms with Gasteiger partial charge < -0.3 is 9.55 Å².